The molecular formula is C14H29NO6. The van der Waals surface area contributed by atoms with E-state index in [0.29, 0.717) is 78.8 Å². The Bertz CT molecular complexity index is 228. The Hall–Kier alpha value is -0.730. The summed E-state index contributed by atoms with van der Waals surface area (Å²) in [5, 5.41) is 0. The second kappa shape index (κ2) is 17.3. The highest BCUT2D eigenvalue weighted by atomic mass is 16.6. The zero-order valence-corrected chi connectivity index (χ0v) is 13.0. The van der Waals surface area contributed by atoms with Crippen LogP contribution in [0.1, 0.15) is 19.8 Å². The molecule has 0 aliphatic carbocycles. The Morgan fingerprint density at radius 3 is 1.76 bits per heavy atom. The van der Waals surface area contributed by atoms with E-state index in [-0.39, 0.29) is 5.97 Å². The molecule has 7 heteroatoms. The zero-order valence-electron chi connectivity index (χ0n) is 13.0. The van der Waals surface area contributed by atoms with Crippen molar-refractivity contribution in [3.8, 4) is 0 Å². The first-order chi connectivity index (χ1) is 10.3. The van der Waals surface area contributed by atoms with Gasteiger partial charge in [0, 0.05) is 19.6 Å². The van der Waals surface area contributed by atoms with Gasteiger partial charge in [0.05, 0.1) is 52.9 Å². The first-order valence-corrected chi connectivity index (χ1v) is 7.48. The van der Waals surface area contributed by atoms with Crippen LogP contribution in [0, 0.1) is 0 Å². The van der Waals surface area contributed by atoms with E-state index in [1.54, 1.807) is 6.92 Å². The van der Waals surface area contributed by atoms with Crippen molar-refractivity contribution in [2.45, 2.75) is 19.8 Å². The molecule has 0 spiro atoms. The fraction of sp³-hybridized carbons (Fsp3) is 0.929. The number of carbonyl (C=O) groups excluding carboxylic acids is 1. The highest BCUT2D eigenvalue weighted by molar-refractivity contribution is 5.69. The van der Waals surface area contributed by atoms with Crippen LogP contribution in [0.2, 0.25) is 0 Å². The van der Waals surface area contributed by atoms with Crippen molar-refractivity contribution in [2.75, 3.05) is 66.0 Å². The van der Waals surface area contributed by atoms with Crippen molar-refractivity contribution in [3.05, 3.63) is 0 Å². The van der Waals surface area contributed by atoms with Crippen molar-refractivity contribution < 1.29 is 28.5 Å². The van der Waals surface area contributed by atoms with E-state index in [2.05, 4.69) is 0 Å². The second-order valence-electron chi connectivity index (χ2n) is 4.15. The summed E-state index contributed by atoms with van der Waals surface area (Å²) in [5.74, 6) is -0.176. The molecular weight excluding hydrogens is 278 g/mol. The third-order valence-electron chi connectivity index (χ3n) is 2.35. The highest BCUT2D eigenvalue weighted by Gasteiger charge is 2.00. The first-order valence-electron chi connectivity index (χ1n) is 7.48. The molecule has 126 valence electrons. The molecule has 2 N–H and O–H groups in total. The van der Waals surface area contributed by atoms with Crippen molar-refractivity contribution >= 4 is 5.97 Å². The normalized spacial score (nSPS) is 10.8. The van der Waals surface area contributed by atoms with Crippen molar-refractivity contribution in [3.63, 3.8) is 0 Å². The van der Waals surface area contributed by atoms with E-state index in [1.807, 2.05) is 0 Å². The standard InChI is InChI=1S/C14H29NO6/c1-2-21-14(16)4-3-6-17-8-10-19-12-13-20-11-9-18-7-5-15/h2-13,15H2,1H3. The Kier molecular flexibility index (Phi) is 16.7. The van der Waals surface area contributed by atoms with E-state index in [1.165, 1.54) is 0 Å². The number of esters is 1. The summed E-state index contributed by atoms with van der Waals surface area (Å²) >= 11 is 0. The molecule has 0 saturated carbocycles. The lowest BCUT2D eigenvalue weighted by Gasteiger charge is -2.07. The van der Waals surface area contributed by atoms with Crippen LogP contribution in [-0.2, 0) is 28.5 Å². The predicted octanol–water partition coefficient (Wildman–Crippen LogP) is 0.355. The van der Waals surface area contributed by atoms with Crippen molar-refractivity contribution in [1.29, 1.82) is 0 Å². The average Bonchev–Trinajstić information content (AvgIpc) is 2.48. The van der Waals surface area contributed by atoms with Crippen molar-refractivity contribution in [1.82, 2.24) is 0 Å². The van der Waals surface area contributed by atoms with Crippen LogP contribution in [0.15, 0.2) is 0 Å². The molecule has 0 fully saturated rings. The van der Waals surface area contributed by atoms with Gasteiger partial charge in [0.15, 0.2) is 0 Å². The fourth-order valence-electron chi connectivity index (χ4n) is 1.40. The third-order valence-corrected chi connectivity index (χ3v) is 2.35. The summed E-state index contributed by atoms with van der Waals surface area (Å²) in [5.41, 5.74) is 5.28. The van der Waals surface area contributed by atoms with E-state index >= 15 is 0 Å². The fourth-order valence-corrected chi connectivity index (χ4v) is 1.40. The van der Waals surface area contributed by atoms with E-state index < -0.39 is 0 Å². The number of nitrogens with two attached hydrogens (primary N) is 1. The number of hydrogen-bond donors (Lipinski definition) is 1. The summed E-state index contributed by atoms with van der Waals surface area (Å²) < 4.78 is 25.9. The lowest BCUT2D eigenvalue weighted by Crippen LogP contribution is -2.14. The van der Waals surface area contributed by atoms with Crippen LogP contribution in [0.5, 0.6) is 0 Å². The van der Waals surface area contributed by atoms with Gasteiger partial charge in [0.25, 0.3) is 0 Å². The molecule has 0 amide bonds. The van der Waals surface area contributed by atoms with Gasteiger partial charge < -0.3 is 29.4 Å². The lowest BCUT2D eigenvalue weighted by atomic mass is 10.3. The quantitative estimate of drug-likeness (QED) is 0.325. The maximum absolute atomic E-state index is 11.0. The molecule has 21 heavy (non-hydrogen) atoms. The summed E-state index contributed by atoms with van der Waals surface area (Å²) in [4.78, 5) is 11.0. The maximum Gasteiger partial charge on any atom is 0.305 e. The number of carbonyl (C=O) groups is 1. The van der Waals surface area contributed by atoms with Crippen molar-refractivity contribution in [2.24, 2.45) is 5.73 Å². The molecule has 0 saturated heterocycles. The lowest BCUT2D eigenvalue weighted by molar-refractivity contribution is -0.143. The minimum Gasteiger partial charge on any atom is -0.466 e. The Morgan fingerprint density at radius 1 is 0.810 bits per heavy atom. The number of hydrogen-bond acceptors (Lipinski definition) is 7. The smallest absolute Gasteiger partial charge is 0.305 e. The summed E-state index contributed by atoms with van der Waals surface area (Å²) in [6.07, 6.45) is 1.07. The van der Waals surface area contributed by atoms with Crippen LogP contribution < -0.4 is 5.73 Å². The second-order valence-corrected chi connectivity index (χ2v) is 4.15. The van der Waals surface area contributed by atoms with Crippen LogP contribution in [0.3, 0.4) is 0 Å². The van der Waals surface area contributed by atoms with Gasteiger partial charge in [-0.2, -0.15) is 0 Å². The average molecular weight is 307 g/mol. The highest BCUT2D eigenvalue weighted by Crippen LogP contribution is 1.93. The topological polar surface area (TPSA) is 89.2 Å². The van der Waals surface area contributed by atoms with Crippen LogP contribution in [0.25, 0.3) is 0 Å². The molecule has 0 aliphatic heterocycles. The molecule has 0 heterocycles. The molecule has 0 atom stereocenters. The van der Waals surface area contributed by atoms with Crippen LogP contribution >= 0.6 is 0 Å². The molecule has 0 aliphatic rings. The van der Waals surface area contributed by atoms with Gasteiger partial charge >= 0.3 is 5.97 Å². The molecule has 0 aromatic rings. The van der Waals surface area contributed by atoms with Gasteiger partial charge in [-0.05, 0) is 13.3 Å². The Labute approximate surface area is 127 Å². The Balaban J connectivity index is 3.01. The summed E-state index contributed by atoms with van der Waals surface area (Å²) in [6, 6.07) is 0. The Morgan fingerprint density at radius 2 is 1.29 bits per heavy atom. The molecule has 7 nitrogen and oxygen atoms in total. The van der Waals surface area contributed by atoms with E-state index in [0.717, 1.165) is 0 Å². The van der Waals surface area contributed by atoms with Gasteiger partial charge in [-0.25, -0.2) is 0 Å². The summed E-state index contributed by atoms with van der Waals surface area (Å²) in [7, 11) is 0. The predicted molar refractivity (Wildman–Crippen MR) is 78.2 cm³/mol. The monoisotopic (exact) mass is 307 g/mol. The molecule has 0 radical (unpaired) electrons. The molecule has 0 aromatic carbocycles. The van der Waals surface area contributed by atoms with Gasteiger partial charge in [0.2, 0.25) is 0 Å². The molecule has 0 rings (SSSR count). The van der Waals surface area contributed by atoms with Crippen LogP contribution in [-0.4, -0.2) is 72.0 Å². The van der Waals surface area contributed by atoms with Crippen LogP contribution in [0.4, 0.5) is 0 Å². The largest absolute Gasteiger partial charge is 0.466 e. The molecule has 0 aromatic heterocycles. The van der Waals surface area contributed by atoms with E-state index in [9.17, 15) is 4.79 Å². The zero-order chi connectivity index (χ0) is 15.6. The van der Waals surface area contributed by atoms with Gasteiger partial charge in [-0.15, -0.1) is 0 Å². The van der Waals surface area contributed by atoms with Gasteiger partial charge in [0.1, 0.15) is 0 Å². The maximum atomic E-state index is 11.0. The molecule has 0 bridgehead atoms. The molecule has 0 unspecified atom stereocenters. The number of ether oxygens (including phenoxy) is 5. The van der Waals surface area contributed by atoms with Gasteiger partial charge in [-0.3, -0.25) is 4.79 Å². The SMILES string of the molecule is CCOC(=O)CCCOCCOCCOCCOCCN. The minimum atomic E-state index is -0.176. The summed E-state index contributed by atoms with van der Waals surface area (Å²) in [6.45, 7) is 7.06. The minimum absolute atomic E-state index is 0.176. The van der Waals surface area contributed by atoms with E-state index in [4.69, 9.17) is 29.4 Å². The third kappa shape index (κ3) is 17.2. The number of rotatable bonds is 16. The first kappa shape index (κ1) is 20.3. The van der Waals surface area contributed by atoms with Gasteiger partial charge in [-0.1, -0.05) is 0 Å².